The molecule has 2 aliphatic heterocycles. The first-order chi connectivity index (χ1) is 20.2. The van der Waals surface area contributed by atoms with Crippen LogP contribution in [0.25, 0.3) is 0 Å². The molecule has 6 rings (SSSR count). The highest BCUT2D eigenvalue weighted by molar-refractivity contribution is 8.00. The predicted octanol–water partition coefficient (Wildman–Crippen LogP) is 7.56. The standard InChI is InChI=1S/C31H31ClN4O5S/c1-18-7-4-5-14-34(18)31(37)20-12-13-24-22(16-20)28-23(30(33-24)19-8-6-9-21(15-19)35(38)39)17-27(29(28)32)42-26-11-3-2-10-25(26)36(40)41/h2-3,6,8-13,15-16,18,23,27-30,33H,4-5,7,14,17H2,1H3/t18-,23-,27+,28+,29+,30+/m1/s1. The average molecular weight is 607 g/mol. The maximum atomic E-state index is 13.6. The van der Waals surface area contributed by atoms with E-state index in [0.29, 0.717) is 16.9 Å². The van der Waals surface area contributed by atoms with E-state index in [9.17, 15) is 25.0 Å². The molecule has 0 radical (unpaired) electrons. The van der Waals surface area contributed by atoms with E-state index in [0.717, 1.165) is 42.6 Å². The van der Waals surface area contributed by atoms with Crippen LogP contribution in [0.2, 0.25) is 0 Å². The Balaban J connectivity index is 1.39. The van der Waals surface area contributed by atoms with Gasteiger partial charge in [0.05, 0.1) is 26.2 Å². The highest BCUT2D eigenvalue weighted by Gasteiger charge is 2.50. The summed E-state index contributed by atoms with van der Waals surface area (Å²) >= 11 is 8.69. The number of alkyl halides is 1. The van der Waals surface area contributed by atoms with E-state index in [1.807, 2.05) is 29.2 Å². The number of likely N-dealkylation sites (tertiary alicyclic amines) is 1. The van der Waals surface area contributed by atoms with Crippen molar-refractivity contribution < 1.29 is 14.6 Å². The number of thioether (sulfide) groups is 1. The number of para-hydroxylation sites is 1. The summed E-state index contributed by atoms with van der Waals surface area (Å²) in [5.74, 6) is -0.210. The number of amides is 1. The quantitative estimate of drug-likeness (QED) is 0.175. The summed E-state index contributed by atoms with van der Waals surface area (Å²) in [6.45, 7) is 2.83. The van der Waals surface area contributed by atoms with Gasteiger partial charge in [-0.3, -0.25) is 25.0 Å². The van der Waals surface area contributed by atoms with Crippen molar-refractivity contribution in [2.45, 2.75) is 66.1 Å². The lowest BCUT2D eigenvalue weighted by molar-refractivity contribution is -0.387. The minimum atomic E-state index is -0.399. The number of piperidine rings is 1. The van der Waals surface area contributed by atoms with Crippen molar-refractivity contribution >= 4 is 46.3 Å². The molecule has 3 aromatic carbocycles. The van der Waals surface area contributed by atoms with Crippen LogP contribution < -0.4 is 5.32 Å². The summed E-state index contributed by atoms with van der Waals surface area (Å²) in [7, 11) is 0. The summed E-state index contributed by atoms with van der Waals surface area (Å²) in [6.07, 6.45) is 3.74. The monoisotopic (exact) mass is 606 g/mol. The maximum absolute atomic E-state index is 13.6. The first-order valence-electron chi connectivity index (χ1n) is 14.2. The van der Waals surface area contributed by atoms with Crippen LogP contribution in [-0.2, 0) is 0 Å². The minimum Gasteiger partial charge on any atom is -0.378 e. The number of fused-ring (bicyclic) bond motifs is 3. The Bertz CT molecular complexity index is 1550. The predicted molar refractivity (Wildman–Crippen MR) is 163 cm³/mol. The second kappa shape index (κ2) is 11.6. The number of non-ortho nitro benzene ring substituents is 1. The molecule has 0 bridgehead atoms. The van der Waals surface area contributed by atoms with E-state index >= 15 is 0 Å². The van der Waals surface area contributed by atoms with Gasteiger partial charge < -0.3 is 10.2 Å². The van der Waals surface area contributed by atoms with Crippen molar-refractivity contribution in [2.24, 2.45) is 5.92 Å². The zero-order chi connectivity index (χ0) is 29.5. The SMILES string of the molecule is C[C@@H]1CCCCN1C(=O)c1ccc2c(c1)[C@@H]1[C@@H](Cl)[C@@H](Sc3ccccc3[N+](=O)[O-])C[C@H]1[C@H](c1cccc([N+](=O)[O-])c1)N2. The van der Waals surface area contributed by atoms with Crippen LogP contribution in [0.4, 0.5) is 17.1 Å². The van der Waals surface area contributed by atoms with Gasteiger partial charge in [-0.05, 0) is 73.9 Å². The lowest BCUT2D eigenvalue weighted by atomic mass is 9.76. The second-order valence-corrected chi connectivity index (χ2v) is 13.2. The Morgan fingerprint density at radius 2 is 1.83 bits per heavy atom. The number of carbonyl (C=O) groups is 1. The first kappa shape index (κ1) is 28.5. The lowest BCUT2D eigenvalue weighted by Crippen LogP contribution is -2.42. The van der Waals surface area contributed by atoms with Gasteiger partial charge in [0.1, 0.15) is 0 Å². The number of carbonyl (C=O) groups excluding carboxylic acids is 1. The Hall–Kier alpha value is -3.63. The van der Waals surface area contributed by atoms with Crippen molar-refractivity contribution in [3.05, 3.63) is 104 Å². The van der Waals surface area contributed by atoms with Crippen molar-refractivity contribution in [1.29, 1.82) is 0 Å². The number of nitro benzene ring substituents is 2. The molecule has 218 valence electrons. The highest BCUT2D eigenvalue weighted by atomic mass is 35.5. The Morgan fingerprint density at radius 3 is 2.60 bits per heavy atom. The third kappa shape index (κ3) is 5.22. The average Bonchev–Trinajstić information content (AvgIpc) is 3.32. The summed E-state index contributed by atoms with van der Waals surface area (Å²) in [6, 6.07) is 19.0. The number of nitrogens with zero attached hydrogens (tertiary/aromatic N) is 3. The van der Waals surface area contributed by atoms with Crippen LogP contribution in [0, 0.1) is 26.1 Å². The lowest BCUT2D eigenvalue weighted by Gasteiger charge is -2.39. The van der Waals surface area contributed by atoms with E-state index in [-0.39, 0.29) is 56.8 Å². The Morgan fingerprint density at radius 1 is 1.02 bits per heavy atom. The Kier molecular flexibility index (Phi) is 7.85. The fraction of sp³-hybridized carbons (Fsp3) is 0.387. The van der Waals surface area contributed by atoms with Gasteiger partial charge >= 0.3 is 0 Å². The second-order valence-electron chi connectivity index (χ2n) is 11.4. The van der Waals surface area contributed by atoms with E-state index in [4.69, 9.17) is 11.6 Å². The van der Waals surface area contributed by atoms with Crippen LogP contribution in [0.1, 0.15) is 66.1 Å². The van der Waals surface area contributed by atoms with Crippen LogP contribution in [0.5, 0.6) is 0 Å². The zero-order valence-electron chi connectivity index (χ0n) is 23.0. The van der Waals surface area contributed by atoms with Crippen LogP contribution in [0.3, 0.4) is 0 Å². The van der Waals surface area contributed by atoms with Crippen LogP contribution in [0.15, 0.2) is 71.6 Å². The summed E-state index contributed by atoms with van der Waals surface area (Å²) in [5.41, 5.74) is 3.25. The zero-order valence-corrected chi connectivity index (χ0v) is 24.6. The molecule has 1 saturated carbocycles. The fourth-order valence-electron chi connectivity index (χ4n) is 6.85. The molecular formula is C31H31ClN4O5S. The highest BCUT2D eigenvalue weighted by Crippen LogP contribution is 2.58. The topological polar surface area (TPSA) is 119 Å². The number of benzene rings is 3. The van der Waals surface area contributed by atoms with Gasteiger partial charge in [0.2, 0.25) is 0 Å². The molecule has 2 fully saturated rings. The van der Waals surface area contributed by atoms with E-state index < -0.39 is 4.92 Å². The molecule has 0 unspecified atom stereocenters. The molecule has 0 spiro atoms. The van der Waals surface area contributed by atoms with Crippen molar-refractivity contribution in [1.82, 2.24) is 4.90 Å². The fourth-order valence-corrected chi connectivity index (χ4v) is 8.79. The minimum absolute atomic E-state index is 0.0114. The number of hydrogen-bond acceptors (Lipinski definition) is 7. The van der Waals surface area contributed by atoms with Gasteiger partial charge in [-0.25, -0.2) is 0 Å². The summed E-state index contributed by atoms with van der Waals surface area (Å²) in [4.78, 5) is 38.6. The molecule has 1 aliphatic carbocycles. The molecule has 1 N–H and O–H groups in total. The maximum Gasteiger partial charge on any atom is 0.282 e. The van der Waals surface area contributed by atoms with Gasteiger partial charge in [0.25, 0.3) is 17.3 Å². The van der Waals surface area contributed by atoms with E-state index in [1.54, 1.807) is 30.3 Å². The first-order valence-corrected chi connectivity index (χ1v) is 15.5. The van der Waals surface area contributed by atoms with Gasteiger partial charge in [-0.15, -0.1) is 23.4 Å². The van der Waals surface area contributed by atoms with Crippen LogP contribution in [-0.4, -0.2) is 43.9 Å². The van der Waals surface area contributed by atoms with Gasteiger partial charge in [-0.2, -0.15) is 0 Å². The number of nitro groups is 2. The van der Waals surface area contributed by atoms with Gasteiger partial charge in [-0.1, -0.05) is 24.3 Å². The molecule has 2 heterocycles. The van der Waals surface area contributed by atoms with Gasteiger partial charge in [0.15, 0.2) is 0 Å². The molecular weight excluding hydrogens is 576 g/mol. The van der Waals surface area contributed by atoms with Crippen molar-refractivity contribution in [3.63, 3.8) is 0 Å². The Labute approximate surface area is 252 Å². The van der Waals surface area contributed by atoms with Gasteiger partial charge in [0, 0.05) is 53.2 Å². The van der Waals surface area contributed by atoms with Crippen molar-refractivity contribution in [2.75, 3.05) is 11.9 Å². The van der Waals surface area contributed by atoms with Crippen molar-refractivity contribution in [3.8, 4) is 0 Å². The molecule has 3 aliphatic rings. The number of rotatable bonds is 6. The molecule has 1 saturated heterocycles. The third-order valence-electron chi connectivity index (χ3n) is 8.91. The van der Waals surface area contributed by atoms with E-state index in [2.05, 4.69) is 12.2 Å². The molecule has 9 nitrogen and oxygen atoms in total. The number of anilines is 1. The molecule has 1 amide bonds. The molecule has 3 aromatic rings. The molecule has 11 heteroatoms. The largest absolute Gasteiger partial charge is 0.378 e. The summed E-state index contributed by atoms with van der Waals surface area (Å²) in [5, 5.41) is 26.4. The molecule has 42 heavy (non-hydrogen) atoms. The van der Waals surface area contributed by atoms with Crippen LogP contribution >= 0.6 is 23.4 Å². The molecule has 0 aromatic heterocycles. The normalized spacial score (nSPS) is 26.6. The molecule has 6 atom stereocenters. The number of hydrogen-bond donors (Lipinski definition) is 1. The smallest absolute Gasteiger partial charge is 0.282 e. The van der Waals surface area contributed by atoms with E-state index in [1.165, 1.54) is 23.9 Å². The third-order valence-corrected chi connectivity index (χ3v) is 11.0. The number of halogens is 1. The summed E-state index contributed by atoms with van der Waals surface area (Å²) < 4.78 is 0. The number of nitrogens with one attached hydrogen (secondary N) is 1.